The van der Waals surface area contributed by atoms with E-state index in [1.807, 2.05) is 13.0 Å². The first kappa shape index (κ1) is 35.1. The van der Waals surface area contributed by atoms with E-state index in [9.17, 15) is 24.6 Å². The molecular formula is C39H49N3O7. The molecule has 1 saturated heterocycles. The fourth-order valence-electron chi connectivity index (χ4n) is 8.58. The molecule has 262 valence electrons. The average molecular weight is 672 g/mol. The van der Waals surface area contributed by atoms with E-state index in [1.165, 1.54) is 0 Å². The van der Waals surface area contributed by atoms with E-state index in [1.54, 1.807) is 36.5 Å². The molecule has 6 rings (SSSR count). The number of aliphatic hydroxyl groups excluding tert-OH is 2. The molecule has 49 heavy (non-hydrogen) atoms. The molecule has 10 heteroatoms. The number of nitrogens with two attached hydrogens (primary N) is 1. The normalized spacial score (nSPS) is 29.7. The van der Waals surface area contributed by atoms with E-state index in [-0.39, 0.29) is 42.7 Å². The molecule has 0 radical (unpaired) electrons. The number of nitrogen functional groups attached to an aromatic ring is 1. The van der Waals surface area contributed by atoms with Gasteiger partial charge in [0.2, 0.25) is 5.78 Å². The van der Waals surface area contributed by atoms with Crippen LogP contribution in [0.5, 0.6) is 0 Å². The smallest absolute Gasteiger partial charge is 0.350 e. The number of ketones is 2. The molecule has 1 aromatic heterocycles. The lowest BCUT2D eigenvalue weighted by atomic mass is 9.66. The fraction of sp³-hybridized carbons (Fsp3) is 0.538. The number of aryl methyl sites for hydroxylation is 1. The number of aromatic nitrogens is 1. The first-order valence-corrected chi connectivity index (χ1v) is 17.8. The molecule has 7 unspecified atom stereocenters. The second kappa shape index (κ2) is 14.6. The number of esters is 1. The van der Waals surface area contributed by atoms with Crippen molar-refractivity contribution in [3.8, 4) is 0 Å². The zero-order chi connectivity index (χ0) is 34.8. The summed E-state index contributed by atoms with van der Waals surface area (Å²) in [6.07, 6.45) is 11.4. The summed E-state index contributed by atoms with van der Waals surface area (Å²) in [7, 11) is 0. The molecular weight excluding hydrogens is 622 g/mol. The van der Waals surface area contributed by atoms with Crippen molar-refractivity contribution in [3.05, 3.63) is 82.6 Å². The highest BCUT2D eigenvalue weighted by Gasteiger charge is 2.85. The van der Waals surface area contributed by atoms with Gasteiger partial charge in [0.1, 0.15) is 11.9 Å². The van der Waals surface area contributed by atoms with Gasteiger partial charge in [0.15, 0.2) is 11.4 Å². The molecule has 4 aliphatic rings. The molecule has 2 aromatic rings. The van der Waals surface area contributed by atoms with E-state index >= 15 is 0 Å². The Morgan fingerprint density at radius 2 is 1.94 bits per heavy atom. The number of nitrogens with one attached hydrogen (secondary N) is 1. The Balaban J connectivity index is 1.32. The van der Waals surface area contributed by atoms with Crippen molar-refractivity contribution in [1.29, 1.82) is 0 Å². The van der Waals surface area contributed by atoms with Crippen LogP contribution in [0, 0.1) is 17.8 Å². The Labute approximate surface area is 288 Å². The minimum Gasteiger partial charge on any atom is -0.459 e. The zero-order valence-corrected chi connectivity index (χ0v) is 28.5. The van der Waals surface area contributed by atoms with Crippen LogP contribution in [0.4, 0.5) is 5.82 Å². The van der Waals surface area contributed by atoms with E-state index in [2.05, 4.69) is 29.4 Å². The molecule has 1 saturated carbocycles. The first-order chi connectivity index (χ1) is 23.7. The van der Waals surface area contributed by atoms with Crippen LogP contribution in [0.3, 0.4) is 0 Å². The van der Waals surface area contributed by atoms with Gasteiger partial charge in [-0.15, -0.1) is 0 Å². The summed E-state index contributed by atoms with van der Waals surface area (Å²) >= 11 is 0. The third kappa shape index (κ3) is 6.52. The maximum Gasteiger partial charge on any atom is 0.350 e. The maximum absolute atomic E-state index is 14.6. The number of Topliss-reactive ketones (excluding diaryl/α,β-unsaturated/α-hetero) is 2. The molecule has 3 aliphatic carbocycles. The Kier molecular flexibility index (Phi) is 10.5. The number of pyridine rings is 1. The number of hydrogen-bond acceptors (Lipinski definition) is 10. The lowest BCUT2D eigenvalue weighted by molar-refractivity contribution is -0.159. The highest BCUT2D eigenvalue weighted by Crippen LogP contribution is 2.60. The lowest BCUT2D eigenvalue weighted by Crippen LogP contribution is -2.54. The largest absolute Gasteiger partial charge is 0.459 e. The molecule has 7 atom stereocenters. The van der Waals surface area contributed by atoms with Crippen LogP contribution in [0.15, 0.2) is 65.9 Å². The molecule has 5 N–H and O–H groups in total. The molecule has 0 spiro atoms. The SMILES string of the molecule is CCNC1CC2C=CCCC2CC1C(CCCO)OC(=O)C12OC1(CC(CO)=C(C)CCc1ccnc(N)c1)C(=O)c1ccccc1C2=O. The number of rotatable bonds is 14. The topological polar surface area (TPSA) is 164 Å². The van der Waals surface area contributed by atoms with E-state index in [0.29, 0.717) is 48.9 Å². The van der Waals surface area contributed by atoms with Crippen LogP contribution in [-0.4, -0.2) is 75.8 Å². The summed E-state index contributed by atoms with van der Waals surface area (Å²) in [4.78, 5) is 47.3. The van der Waals surface area contributed by atoms with E-state index in [4.69, 9.17) is 15.2 Å². The molecule has 0 bridgehead atoms. The number of ether oxygens (including phenoxy) is 2. The van der Waals surface area contributed by atoms with Crippen LogP contribution in [0.1, 0.15) is 91.5 Å². The number of aliphatic hydroxyl groups is 2. The number of hydrogen-bond donors (Lipinski definition) is 4. The number of carbonyl (C=O) groups excluding carboxylic acids is 3. The van der Waals surface area contributed by atoms with Crippen LogP contribution >= 0.6 is 0 Å². The second-order valence-electron chi connectivity index (χ2n) is 14.2. The Hall–Kier alpha value is -3.70. The van der Waals surface area contributed by atoms with E-state index < -0.39 is 34.8 Å². The lowest BCUT2D eigenvalue weighted by Gasteiger charge is -2.45. The Morgan fingerprint density at radius 3 is 2.65 bits per heavy atom. The van der Waals surface area contributed by atoms with Crippen molar-refractivity contribution in [2.75, 3.05) is 25.5 Å². The molecule has 2 fully saturated rings. The fourth-order valence-corrected chi connectivity index (χ4v) is 8.58. The minimum atomic E-state index is -2.16. The third-order valence-corrected chi connectivity index (χ3v) is 11.3. The third-order valence-electron chi connectivity index (χ3n) is 11.3. The zero-order valence-electron chi connectivity index (χ0n) is 28.5. The van der Waals surface area contributed by atoms with E-state index in [0.717, 1.165) is 43.4 Å². The highest BCUT2D eigenvalue weighted by atomic mass is 16.7. The molecule has 2 heterocycles. The van der Waals surface area contributed by atoms with Gasteiger partial charge >= 0.3 is 5.97 Å². The second-order valence-corrected chi connectivity index (χ2v) is 14.2. The summed E-state index contributed by atoms with van der Waals surface area (Å²) < 4.78 is 12.6. The maximum atomic E-state index is 14.6. The first-order valence-electron chi connectivity index (χ1n) is 17.8. The van der Waals surface area contributed by atoms with Crippen molar-refractivity contribution in [1.82, 2.24) is 10.3 Å². The Morgan fingerprint density at radius 1 is 1.16 bits per heavy atom. The number of anilines is 1. The summed E-state index contributed by atoms with van der Waals surface area (Å²) in [5.74, 6) is -0.634. The quantitative estimate of drug-likeness (QED) is 0.0971. The number of epoxide rings is 1. The van der Waals surface area contributed by atoms with Gasteiger partial charge in [-0.3, -0.25) is 9.59 Å². The minimum absolute atomic E-state index is 0.0354. The van der Waals surface area contributed by atoms with Crippen molar-refractivity contribution in [2.24, 2.45) is 17.8 Å². The molecule has 1 aromatic carbocycles. The number of carbonyl (C=O) groups is 3. The van der Waals surface area contributed by atoms with Gasteiger partial charge in [-0.2, -0.15) is 0 Å². The highest BCUT2D eigenvalue weighted by molar-refractivity contribution is 6.33. The van der Waals surface area contributed by atoms with Gasteiger partial charge in [-0.1, -0.05) is 48.9 Å². The van der Waals surface area contributed by atoms with Crippen LogP contribution in [-0.2, 0) is 20.7 Å². The number of nitrogens with zero attached hydrogens (tertiary/aromatic N) is 1. The van der Waals surface area contributed by atoms with Crippen LogP contribution in [0.25, 0.3) is 0 Å². The molecule has 1 aliphatic heterocycles. The van der Waals surface area contributed by atoms with Gasteiger partial charge in [0.25, 0.3) is 5.60 Å². The van der Waals surface area contributed by atoms with Crippen molar-refractivity contribution in [2.45, 2.75) is 95.0 Å². The van der Waals surface area contributed by atoms with Crippen molar-refractivity contribution >= 4 is 23.4 Å². The van der Waals surface area contributed by atoms with Crippen molar-refractivity contribution in [3.63, 3.8) is 0 Å². The summed E-state index contributed by atoms with van der Waals surface area (Å²) in [6, 6.07) is 10.2. The van der Waals surface area contributed by atoms with Gasteiger partial charge in [-0.25, -0.2) is 9.78 Å². The molecule has 0 amide bonds. The summed E-state index contributed by atoms with van der Waals surface area (Å²) in [5.41, 5.74) is 4.54. The van der Waals surface area contributed by atoms with Gasteiger partial charge in [0.05, 0.1) is 6.61 Å². The Bertz CT molecular complexity index is 1640. The standard InChI is InChI=1S/C39H49N3O7/c1-3-41-32-21-27-10-5-4-9-26(27)20-31(32)33(13-8-18-43)48-37(47)39-36(46)30-12-7-6-11-29(30)35(45)38(39,49-39)22-28(23-44)24(2)14-15-25-16-17-42-34(40)19-25/h5-7,10-12,16-17,19,26-27,31-33,41,43-44H,3-4,8-9,13-15,18,20-23H2,1-2H3,(H2,40,42). The van der Waals surface area contributed by atoms with Gasteiger partial charge < -0.3 is 30.7 Å². The van der Waals surface area contributed by atoms with Crippen molar-refractivity contribution < 1.29 is 34.1 Å². The van der Waals surface area contributed by atoms with Gasteiger partial charge in [-0.05, 0) is 99.9 Å². The monoisotopic (exact) mass is 671 g/mol. The number of benzene rings is 1. The predicted molar refractivity (Wildman–Crippen MR) is 185 cm³/mol. The average Bonchev–Trinajstić information content (AvgIpc) is 3.82. The number of fused-ring (bicyclic) bond motifs is 3. The molecule has 10 nitrogen and oxygen atoms in total. The van der Waals surface area contributed by atoms with Crippen LogP contribution in [0.2, 0.25) is 0 Å². The predicted octanol–water partition coefficient (Wildman–Crippen LogP) is 4.54. The summed E-state index contributed by atoms with van der Waals surface area (Å²) in [5, 5.41) is 24.0. The van der Waals surface area contributed by atoms with Crippen LogP contribution < -0.4 is 11.1 Å². The summed E-state index contributed by atoms with van der Waals surface area (Å²) in [6.45, 7) is 4.26. The number of allylic oxidation sites excluding steroid dienone is 3. The van der Waals surface area contributed by atoms with Gasteiger partial charge in [0, 0.05) is 42.3 Å².